The van der Waals surface area contributed by atoms with Crippen LogP contribution in [-0.4, -0.2) is 35.6 Å². The minimum absolute atomic E-state index is 0.432. The molecule has 1 unspecified atom stereocenters. The van der Waals surface area contributed by atoms with Crippen molar-refractivity contribution >= 4 is 17.0 Å². The average molecular weight is 329 g/mol. The molecule has 5 heteroatoms. The quantitative estimate of drug-likeness (QED) is 0.513. The van der Waals surface area contributed by atoms with E-state index in [2.05, 4.69) is 52.4 Å². The standard InChI is InChI=1S/C19H31N5/c1-14(2)8-7-9-15(3)22-19(20-4)21-13-12-18-23-16-10-5-6-11-17(16)24-18/h5-6,10-11,14-15H,7-9,12-13H2,1-4H3,(H,23,24)(H2,20,21,22). The Bertz CT molecular complexity index is 611. The highest BCUT2D eigenvalue weighted by molar-refractivity contribution is 5.80. The minimum atomic E-state index is 0.432. The molecule has 1 heterocycles. The van der Waals surface area contributed by atoms with E-state index in [1.54, 1.807) is 0 Å². The molecular weight excluding hydrogens is 298 g/mol. The van der Waals surface area contributed by atoms with Crippen LogP contribution in [0.3, 0.4) is 0 Å². The first kappa shape index (κ1) is 18.3. The SMILES string of the molecule is CN=C(NCCc1nc2ccccc2[nH]1)NC(C)CCCC(C)C. The summed E-state index contributed by atoms with van der Waals surface area (Å²) < 4.78 is 0. The van der Waals surface area contributed by atoms with Crippen LogP contribution >= 0.6 is 0 Å². The summed E-state index contributed by atoms with van der Waals surface area (Å²) >= 11 is 0. The summed E-state index contributed by atoms with van der Waals surface area (Å²) in [6, 6.07) is 8.55. The number of nitrogens with one attached hydrogen (secondary N) is 3. The molecule has 0 amide bonds. The van der Waals surface area contributed by atoms with Gasteiger partial charge in [0.1, 0.15) is 5.82 Å². The fourth-order valence-electron chi connectivity index (χ4n) is 2.76. The van der Waals surface area contributed by atoms with Crippen molar-refractivity contribution in [3.05, 3.63) is 30.1 Å². The molecule has 0 aliphatic rings. The molecule has 0 fully saturated rings. The van der Waals surface area contributed by atoms with Gasteiger partial charge in [-0.1, -0.05) is 38.8 Å². The number of fused-ring (bicyclic) bond motifs is 1. The molecule has 1 aromatic carbocycles. The zero-order valence-electron chi connectivity index (χ0n) is 15.4. The van der Waals surface area contributed by atoms with Gasteiger partial charge in [0.2, 0.25) is 0 Å². The van der Waals surface area contributed by atoms with E-state index < -0.39 is 0 Å². The zero-order chi connectivity index (χ0) is 17.4. The lowest BCUT2D eigenvalue weighted by Crippen LogP contribution is -2.42. The molecule has 5 nitrogen and oxygen atoms in total. The number of imidazole rings is 1. The van der Waals surface area contributed by atoms with Crippen molar-refractivity contribution in [1.29, 1.82) is 0 Å². The molecule has 0 radical (unpaired) electrons. The second kappa shape index (κ2) is 9.30. The maximum Gasteiger partial charge on any atom is 0.191 e. The number of para-hydroxylation sites is 2. The zero-order valence-corrected chi connectivity index (χ0v) is 15.4. The normalized spacial score (nSPS) is 13.5. The van der Waals surface area contributed by atoms with Crippen LogP contribution < -0.4 is 10.6 Å². The molecule has 0 saturated carbocycles. The van der Waals surface area contributed by atoms with E-state index in [-0.39, 0.29) is 0 Å². The summed E-state index contributed by atoms with van der Waals surface area (Å²) in [6.45, 7) is 7.57. The van der Waals surface area contributed by atoms with Crippen molar-refractivity contribution in [3.63, 3.8) is 0 Å². The van der Waals surface area contributed by atoms with Gasteiger partial charge in [0.15, 0.2) is 5.96 Å². The first-order valence-electron chi connectivity index (χ1n) is 8.99. The average Bonchev–Trinajstić information content (AvgIpc) is 2.96. The summed E-state index contributed by atoms with van der Waals surface area (Å²) in [6.07, 6.45) is 4.55. The molecule has 0 saturated heterocycles. The number of aliphatic imine (C=N–C) groups is 1. The van der Waals surface area contributed by atoms with Crippen molar-refractivity contribution in [1.82, 2.24) is 20.6 Å². The number of H-pyrrole nitrogens is 1. The second-order valence-electron chi connectivity index (χ2n) is 6.82. The topological polar surface area (TPSA) is 65.1 Å². The van der Waals surface area contributed by atoms with Gasteiger partial charge in [0.05, 0.1) is 11.0 Å². The maximum atomic E-state index is 4.60. The molecule has 2 aromatic rings. The number of rotatable bonds is 8. The Morgan fingerprint density at radius 2 is 2.00 bits per heavy atom. The molecule has 0 aliphatic carbocycles. The summed E-state index contributed by atoms with van der Waals surface area (Å²) in [5, 5.41) is 6.83. The molecule has 0 aliphatic heterocycles. The Morgan fingerprint density at radius 1 is 1.21 bits per heavy atom. The van der Waals surface area contributed by atoms with Crippen LogP contribution in [0.1, 0.15) is 45.9 Å². The third kappa shape index (κ3) is 5.87. The number of aromatic amines is 1. The summed E-state index contributed by atoms with van der Waals surface area (Å²) in [4.78, 5) is 12.3. The van der Waals surface area contributed by atoms with Crippen LogP contribution in [0.15, 0.2) is 29.3 Å². The van der Waals surface area contributed by atoms with Crippen LogP contribution in [0.2, 0.25) is 0 Å². The van der Waals surface area contributed by atoms with E-state index in [9.17, 15) is 0 Å². The summed E-state index contributed by atoms with van der Waals surface area (Å²) in [7, 11) is 1.82. The monoisotopic (exact) mass is 329 g/mol. The van der Waals surface area contributed by atoms with E-state index in [4.69, 9.17) is 0 Å². The highest BCUT2D eigenvalue weighted by Crippen LogP contribution is 2.10. The fraction of sp³-hybridized carbons (Fsp3) is 0.579. The van der Waals surface area contributed by atoms with E-state index >= 15 is 0 Å². The third-order valence-electron chi connectivity index (χ3n) is 4.12. The van der Waals surface area contributed by atoms with Gasteiger partial charge >= 0.3 is 0 Å². The van der Waals surface area contributed by atoms with Crippen LogP contribution in [0.5, 0.6) is 0 Å². The molecule has 24 heavy (non-hydrogen) atoms. The predicted molar refractivity (Wildman–Crippen MR) is 102 cm³/mol. The summed E-state index contributed by atoms with van der Waals surface area (Å²) in [5.41, 5.74) is 2.11. The Kier molecular flexibility index (Phi) is 7.09. The van der Waals surface area contributed by atoms with Gasteiger partial charge in [-0.05, 0) is 31.4 Å². The van der Waals surface area contributed by atoms with Crippen molar-refractivity contribution in [2.45, 2.75) is 52.5 Å². The Labute approximate surface area is 145 Å². The predicted octanol–water partition coefficient (Wildman–Crippen LogP) is 3.49. The Hall–Kier alpha value is -2.04. The first-order chi connectivity index (χ1) is 11.6. The van der Waals surface area contributed by atoms with E-state index in [1.807, 2.05) is 25.2 Å². The van der Waals surface area contributed by atoms with Gasteiger partial charge in [0, 0.05) is 26.1 Å². The number of aromatic nitrogens is 2. The molecular formula is C19H31N5. The number of guanidine groups is 1. The van der Waals surface area contributed by atoms with Gasteiger partial charge in [-0.25, -0.2) is 4.98 Å². The van der Waals surface area contributed by atoms with Crippen molar-refractivity contribution < 1.29 is 0 Å². The number of hydrogen-bond acceptors (Lipinski definition) is 2. The van der Waals surface area contributed by atoms with E-state index in [0.717, 1.165) is 41.7 Å². The molecule has 132 valence electrons. The number of hydrogen-bond donors (Lipinski definition) is 3. The second-order valence-corrected chi connectivity index (χ2v) is 6.82. The largest absolute Gasteiger partial charge is 0.356 e. The van der Waals surface area contributed by atoms with Gasteiger partial charge in [-0.2, -0.15) is 0 Å². The minimum Gasteiger partial charge on any atom is -0.356 e. The number of benzene rings is 1. The first-order valence-corrected chi connectivity index (χ1v) is 8.99. The van der Waals surface area contributed by atoms with Crippen molar-refractivity contribution in [2.75, 3.05) is 13.6 Å². The molecule has 1 atom stereocenters. The smallest absolute Gasteiger partial charge is 0.191 e. The third-order valence-corrected chi connectivity index (χ3v) is 4.12. The highest BCUT2D eigenvalue weighted by atomic mass is 15.2. The van der Waals surface area contributed by atoms with Crippen LogP contribution in [0.4, 0.5) is 0 Å². The summed E-state index contributed by atoms with van der Waals surface area (Å²) in [5.74, 6) is 2.64. The van der Waals surface area contributed by atoms with Crippen LogP contribution in [-0.2, 0) is 6.42 Å². The van der Waals surface area contributed by atoms with E-state index in [0.29, 0.717) is 6.04 Å². The van der Waals surface area contributed by atoms with Gasteiger partial charge in [-0.15, -0.1) is 0 Å². The Morgan fingerprint density at radius 3 is 2.71 bits per heavy atom. The highest BCUT2D eigenvalue weighted by Gasteiger charge is 2.06. The molecule has 0 bridgehead atoms. The molecule has 3 N–H and O–H groups in total. The van der Waals surface area contributed by atoms with Crippen molar-refractivity contribution in [3.8, 4) is 0 Å². The fourth-order valence-corrected chi connectivity index (χ4v) is 2.76. The van der Waals surface area contributed by atoms with E-state index in [1.165, 1.54) is 19.3 Å². The molecule has 2 rings (SSSR count). The Balaban J connectivity index is 1.73. The van der Waals surface area contributed by atoms with Crippen molar-refractivity contribution in [2.24, 2.45) is 10.9 Å². The lowest BCUT2D eigenvalue weighted by Gasteiger charge is -2.18. The lowest BCUT2D eigenvalue weighted by atomic mass is 10.0. The maximum absolute atomic E-state index is 4.60. The molecule has 0 spiro atoms. The lowest BCUT2D eigenvalue weighted by molar-refractivity contribution is 0.491. The molecule has 1 aromatic heterocycles. The number of nitrogens with zero attached hydrogens (tertiary/aromatic N) is 2. The van der Waals surface area contributed by atoms with Gasteiger partial charge < -0.3 is 15.6 Å². The van der Waals surface area contributed by atoms with Crippen LogP contribution in [0, 0.1) is 5.92 Å². The van der Waals surface area contributed by atoms with Gasteiger partial charge in [0.25, 0.3) is 0 Å². The van der Waals surface area contributed by atoms with Gasteiger partial charge in [-0.3, -0.25) is 4.99 Å². The van der Waals surface area contributed by atoms with Crippen LogP contribution in [0.25, 0.3) is 11.0 Å².